The molecule has 62 valence electrons. The van der Waals surface area contributed by atoms with Crippen molar-refractivity contribution in [2.24, 2.45) is 0 Å². The van der Waals surface area contributed by atoms with Gasteiger partial charge in [-0.05, 0) is 0 Å². The summed E-state index contributed by atoms with van der Waals surface area (Å²) in [5.74, 6) is 4.78. The van der Waals surface area contributed by atoms with Crippen molar-refractivity contribution in [2.45, 2.75) is 23.7 Å². The van der Waals surface area contributed by atoms with E-state index in [1.54, 1.807) is 14.2 Å². The summed E-state index contributed by atoms with van der Waals surface area (Å²) in [4.78, 5) is 0. The van der Waals surface area contributed by atoms with Gasteiger partial charge >= 0.3 is 48.0 Å². The van der Waals surface area contributed by atoms with Crippen LogP contribution in [0.4, 0.5) is 0 Å². The molecule has 4 heteroatoms. The summed E-state index contributed by atoms with van der Waals surface area (Å²) in [7, 11) is 3.06. The molecule has 0 saturated carbocycles. The van der Waals surface area contributed by atoms with Crippen molar-refractivity contribution in [2.75, 3.05) is 14.2 Å². The molecule has 0 aliphatic heterocycles. The zero-order chi connectivity index (χ0) is 8.41. The minimum atomic E-state index is -0.356. The van der Waals surface area contributed by atoms with E-state index >= 15 is 0 Å². The summed E-state index contributed by atoms with van der Waals surface area (Å²) in [5.41, 5.74) is 0. The van der Waals surface area contributed by atoms with Crippen LogP contribution in [0.3, 0.4) is 0 Å². The van der Waals surface area contributed by atoms with E-state index < -0.39 is 0 Å². The third-order valence-corrected chi connectivity index (χ3v) is 4.25. The van der Waals surface area contributed by atoms with Crippen molar-refractivity contribution >= 4 is 24.4 Å². The molecule has 0 saturated heterocycles. The van der Waals surface area contributed by atoms with Crippen molar-refractivity contribution in [3.8, 4) is 0 Å². The summed E-state index contributed by atoms with van der Waals surface area (Å²) in [6, 6.07) is 0. The molecule has 0 aliphatic carbocycles. The summed E-state index contributed by atoms with van der Waals surface area (Å²) in [6.07, 6.45) is 0. The van der Waals surface area contributed by atoms with Gasteiger partial charge in [-0.25, -0.2) is 0 Å². The average molecular weight is 223 g/mol. The summed E-state index contributed by atoms with van der Waals surface area (Å²) in [5, 5.41) is 1.47. The Morgan fingerprint density at radius 1 is 1.20 bits per heavy atom. The van der Waals surface area contributed by atoms with Gasteiger partial charge in [-0.1, -0.05) is 0 Å². The van der Waals surface area contributed by atoms with Crippen molar-refractivity contribution < 1.29 is 8.85 Å². The molecule has 0 aromatic carbocycles. The molecule has 2 radical (unpaired) electrons. The molecule has 0 bridgehead atoms. The van der Waals surface area contributed by atoms with E-state index in [0.29, 0.717) is 0 Å². The van der Waals surface area contributed by atoms with Gasteiger partial charge < -0.3 is 8.85 Å². The molecule has 0 atom stereocenters. The van der Waals surface area contributed by atoms with Gasteiger partial charge in [0, 0.05) is 14.2 Å². The van der Waals surface area contributed by atoms with Gasteiger partial charge in [-0.3, -0.25) is 0 Å². The summed E-state index contributed by atoms with van der Waals surface area (Å²) in [6.45, 7) is 2.27. The van der Waals surface area contributed by atoms with Crippen LogP contribution in [0.25, 0.3) is 0 Å². The van der Waals surface area contributed by atoms with Gasteiger partial charge in [0.05, 0.1) is 0 Å². The molecule has 0 spiro atoms. The van der Waals surface area contributed by atoms with Gasteiger partial charge in [0.2, 0.25) is 0 Å². The van der Waals surface area contributed by atoms with Crippen LogP contribution in [-0.2, 0) is 8.85 Å². The average Bonchev–Trinajstić information content (AvgIpc) is 1.91. The molecular weight excluding hydrogens is 205 g/mol. The van der Waals surface area contributed by atoms with E-state index in [1.165, 1.54) is 5.25 Å². The Kier molecular flexibility index (Phi) is 16.4. The summed E-state index contributed by atoms with van der Waals surface area (Å²) >= 11 is -0.356. The van der Waals surface area contributed by atoms with Crippen molar-refractivity contribution in [1.29, 1.82) is 0 Å². The fraction of sp³-hybridized carbons (Fsp3) is 1.00. The topological polar surface area (TPSA) is 18.5 Å². The molecule has 0 N–H and O–H groups in total. The van der Waals surface area contributed by atoms with Crippen LogP contribution in [0.1, 0.15) is 6.92 Å². The Labute approximate surface area is 71.5 Å². The maximum atomic E-state index is 4.55. The molecular formula is C6H18GeO2Si. The molecule has 0 fully saturated rings. The SMILES string of the molecule is CO[SiH]OC.C[CH2][Ge]([CH3])[CH3]. The third-order valence-electron chi connectivity index (χ3n) is 0.900. The normalized spacial score (nSPS) is 9.00. The number of rotatable bonds is 3. The fourth-order valence-electron chi connectivity index (χ4n) is 0.0962. The Morgan fingerprint density at radius 3 is 1.50 bits per heavy atom. The van der Waals surface area contributed by atoms with Gasteiger partial charge in [0.15, 0.2) is 0 Å². The van der Waals surface area contributed by atoms with E-state index in [2.05, 4.69) is 27.3 Å². The quantitative estimate of drug-likeness (QED) is 0.671. The Hall–Kier alpha value is 0.680. The van der Waals surface area contributed by atoms with Crippen LogP contribution >= 0.6 is 0 Å². The van der Waals surface area contributed by atoms with E-state index in [9.17, 15) is 0 Å². The molecule has 2 nitrogen and oxygen atoms in total. The van der Waals surface area contributed by atoms with Gasteiger partial charge in [0.25, 0.3) is 0 Å². The maximum absolute atomic E-state index is 4.55. The Morgan fingerprint density at radius 2 is 1.50 bits per heavy atom. The van der Waals surface area contributed by atoms with Crippen LogP contribution in [0.15, 0.2) is 0 Å². The molecule has 0 amide bonds. The van der Waals surface area contributed by atoms with E-state index in [1.807, 2.05) is 0 Å². The monoisotopic (exact) mass is 224 g/mol. The second-order valence-electron chi connectivity index (χ2n) is 2.13. The summed E-state index contributed by atoms with van der Waals surface area (Å²) < 4.78 is 9.10. The van der Waals surface area contributed by atoms with Crippen LogP contribution < -0.4 is 0 Å². The van der Waals surface area contributed by atoms with E-state index in [4.69, 9.17) is 0 Å². The zero-order valence-electron chi connectivity index (χ0n) is 7.60. The predicted octanol–water partition coefficient (Wildman–Crippen LogP) is 1.31. The van der Waals surface area contributed by atoms with Crippen molar-refractivity contribution in [3.63, 3.8) is 0 Å². The molecule has 0 unspecified atom stereocenters. The van der Waals surface area contributed by atoms with Gasteiger partial charge in [-0.15, -0.1) is 0 Å². The minimum absolute atomic E-state index is 0.185. The van der Waals surface area contributed by atoms with Crippen LogP contribution in [0, 0.1) is 0 Å². The first kappa shape index (κ1) is 13.3. The molecule has 0 heterocycles. The van der Waals surface area contributed by atoms with Crippen molar-refractivity contribution in [1.82, 2.24) is 0 Å². The fourth-order valence-corrected chi connectivity index (χ4v) is 0.289. The van der Waals surface area contributed by atoms with Crippen LogP contribution in [0.5, 0.6) is 0 Å². The van der Waals surface area contributed by atoms with Gasteiger partial charge in [-0.2, -0.15) is 0 Å². The van der Waals surface area contributed by atoms with E-state index in [0.717, 1.165) is 0 Å². The van der Waals surface area contributed by atoms with Gasteiger partial charge in [0.1, 0.15) is 0 Å². The molecule has 10 heavy (non-hydrogen) atoms. The van der Waals surface area contributed by atoms with E-state index in [-0.39, 0.29) is 24.4 Å². The zero-order valence-corrected chi connectivity index (χ0v) is 10.9. The molecule has 0 aromatic heterocycles. The first-order chi connectivity index (χ1) is 4.68. The predicted molar refractivity (Wildman–Crippen MR) is 49.1 cm³/mol. The number of hydrogen-bond acceptors (Lipinski definition) is 2. The first-order valence-electron chi connectivity index (χ1n) is 3.35. The van der Waals surface area contributed by atoms with Crippen LogP contribution in [-0.4, -0.2) is 38.6 Å². The molecule has 0 aromatic rings. The third kappa shape index (κ3) is 23.4. The first-order valence-corrected chi connectivity index (χ1v) is 9.97. The Balaban J connectivity index is 0. The Bertz CT molecular complexity index is 51.0. The second-order valence-corrected chi connectivity index (χ2v) is 9.81. The number of hydrogen-bond donors (Lipinski definition) is 0. The standard InChI is InChI=1S/C4H11Ge.C2H7O2Si/c1-4-5(2)3;1-3-5-4-2/h4H2,1-3H3;5H,1-2H3. The molecule has 0 rings (SSSR count). The second kappa shape index (κ2) is 12.4. The van der Waals surface area contributed by atoms with Crippen molar-refractivity contribution in [3.05, 3.63) is 0 Å². The van der Waals surface area contributed by atoms with Crippen LogP contribution in [0.2, 0.25) is 16.8 Å². The molecule has 0 aliphatic rings.